The third-order valence-electron chi connectivity index (χ3n) is 7.28. The highest BCUT2D eigenvalue weighted by Gasteiger charge is 2.40. The molecule has 0 unspecified atom stereocenters. The molecule has 1 amide bonds. The lowest BCUT2D eigenvalue weighted by Gasteiger charge is -2.37. The van der Waals surface area contributed by atoms with Gasteiger partial charge in [0.25, 0.3) is 5.91 Å². The van der Waals surface area contributed by atoms with Crippen LogP contribution in [0.15, 0.2) is 52.9 Å². The molecule has 0 radical (unpaired) electrons. The van der Waals surface area contributed by atoms with E-state index in [0.29, 0.717) is 35.2 Å². The Hall–Kier alpha value is -3.09. The number of allylic oxidation sites excluding steroid dienone is 4. The van der Waals surface area contributed by atoms with Crippen LogP contribution in [0.5, 0.6) is 5.75 Å². The summed E-state index contributed by atoms with van der Waals surface area (Å²) < 4.78 is 5.71. The number of hydrogen-bond acceptors (Lipinski definition) is 5. The van der Waals surface area contributed by atoms with E-state index in [9.17, 15) is 14.4 Å². The first kappa shape index (κ1) is 25.6. The van der Waals surface area contributed by atoms with E-state index in [1.165, 1.54) is 0 Å². The summed E-state index contributed by atoms with van der Waals surface area (Å²) in [5, 5.41) is 6.65. The normalized spacial score (nSPS) is 17.8. The third kappa shape index (κ3) is 5.05. The van der Waals surface area contributed by atoms with Crippen molar-refractivity contribution in [3.05, 3.63) is 79.6 Å². The zero-order chi connectivity index (χ0) is 26.3. The van der Waals surface area contributed by atoms with E-state index in [0.717, 1.165) is 48.2 Å². The van der Waals surface area contributed by atoms with E-state index in [-0.39, 0.29) is 39.9 Å². The molecule has 0 saturated carbocycles. The number of aryl methyl sites for hydroxylation is 2. The van der Waals surface area contributed by atoms with Gasteiger partial charge in [-0.1, -0.05) is 29.3 Å². The molecule has 1 heterocycles. The van der Waals surface area contributed by atoms with Gasteiger partial charge in [-0.3, -0.25) is 14.4 Å². The van der Waals surface area contributed by atoms with Crippen LogP contribution in [0.2, 0.25) is 10.0 Å². The fraction of sp³-hybridized carbons (Fsp3) is 0.345. The number of rotatable bonds is 5. The maximum absolute atomic E-state index is 13.0. The highest BCUT2D eigenvalue weighted by Crippen LogP contribution is 2.47. The SMILES string of the molecule is Cc1ccc(NC(=O)COc2c(Cl)cc(C3C4=C(CCCC4=O)NC4=C3C(=O)CCC4)cc2Cl)cc1C. The Balaban J connectivity index is 1.41. The van der Waals surface area contributed by atoms with Crippen molar-refractivity contribution in [2.75, 3.05) is 11.9 Å². The highest BCUT2D eigenvalue weighted by molar-refractivity contribution is 6.37. The predicted octanol–water partition coefficient (Wildman–Crippen LogP) is 6.33. The van der Waals surface area contributed by atoms with Gasteiger partial charge in [0.05, 0.1) is 10.0 Å². The molecule has 2 N–H and O–H groups in total. The lowest BCUT2D eigenvalue weighted by atomic mass is 9.71. The van der Waals surface area contributed by atoms with Gasteiger partial charge in [0.2, 0.25) is 0 Å². The van der Waals surface area contributed by atoms with Gasteiger partial charge >= 0.3 is 0 Å². The van der Waals surface area contributed by atoms with E-state index < -0.39 is 5.92 Å². The molecular weight excluding hydrogens is 511 g/mol. The first-order chi connectivity index (χ1) is 17.7. The lowest BCUT2D eigenvalue weighted by Crippen LogP contribution is -2.36. The summed E-state index contributed by atoms with van der Waals surface area (Å²) in [4.78, 5) is 38.6. The Bertz CT molecular complexity index is 1330. The molecule has 37 heavy (non-hydrogen) atoms. The van der Waals surface area contributed by atoms with Crippen LogP contribution in [-0.2, 0) is 14.4 Å². The van der Waals surface area contributed by atoms with Gasteiger partial charge < -0.3 is 15.4 Å². The number of nitrogens with one attached hydrogen (secondary N) is 2. The Morgan fingerprint density at radius 2 is 1.51 bits per heavy atom. The fourth-order valence-electron chi connectivity index (χ4n) is 5.35. The van der Waals surface area contributed by atoms with Gasteiger partial charge in [-0.05, 0) is 80.5 Å². The van der Waals surface area contributed by atoms with Gasteiger partial charge in [0.15, 0.2) is 23.9 Å². The predicted molar refractivity (Wildman–Crippen MR) is 144 cm³/mol. The first-order valence-electron chi connectivity index (χ1n) is 12.5. The van der Waals surface area contributed by atoms with Crippen LogP contribution in [-0.4, -0.2) is 24.1 Å². The maximum atomic E-state index is 13.0. The second-order valence-corrected chi connectivity index (χ2v) is 10.7. The largest absolute Gasteiger partial charge is 0.481 e. The van der Waals surface area contributed by atoms with Crippen molar-refractivity contribution in [3.8, 4) is 5.75 Å². The van der Waals surface area contributed by atoms with E-state index in [4.69, 9.17) is 27.9 Å². The molecule has 192 valence electrons. The number of carbonyl (C=O) groups excluding carboxylic acids is 3. The van der Waals surface area contributed by atoms with Crippen molar-refractivity contribution in [2.24, 2.45) is 0 Å². The van der Waals surface area contributed by atoms with Crippen LogP contribution in [0.1, 0.15) is 61.1 Å². The first-order valence-corrected chi connectivity index (χ1v) is 13.3. The minimum absolute atomic E-state index is 0.0410. The maximum Gasteiger partial charge on any atom is 0.262 e. The third-order valence-corrected chi connectivity index (χ3v) is 7.85. The summed E-state index contributed by atoms with van der Waals surface area (Å²) in [6.07, 6.45) is 4.00. The number of halogens is 2. The molecule has 2 aliphatic carbocycles. The fourth-order valence-corrected chi connectivity index (χ4v) is 5.97. The van der Waals surface area contributed by atoms with Crippen LogP contribution in [0.3, 0.4) is 0 Å². The molecule has 0 bridgehead atoms. The number of carbonyl (C=O) groups is 3. The molecule has 3 aliphatic rings. The zero-order valence-corrected chi connectivity index (χ0v) is 22.3. The summed E-state index contributed by atoms with van der Waals surface area (Å²) in [6, 6.07) is 9.05. The molecule has 0 saturated heterocycles. The Kier molecular flexibility index (Phi) is 7.15. The summed E-state index contributed by atoms with van der Waals surface area (Å²) in [7, 11) is 0. The van der Waals surface area contributed by atoms with Gasteiger partial charge in [-0.15, -0.1) is 0 Å². The molecule has 8 heteroatoms. The number of benzene rings is 2. The van der Waals surface area contributed by atoms with Crippen LogP contribution >= 0.6 is 23.2 Å². The number of dihydropyridines is 1. The molecule has 5 rings (SSSR count). The van der Waals surface area contributed by atoms with E-state index >= 15 is 0 Å². The number of ether oxygens (including phenoxy) is 1. The van der Waals surface area contributed by atoms with Gasteiger partial charge in [-0.25, -0.2) is 0 Å². The van der Waals surface area contributed by atoms with Crippen molar-refractivity contribution in [2.45, 2.75) is 58.3 Å². The molecule has 0 spiro atoms. The van der Waals surface area contributed by atoms with E-state index in [1.54, 1.807) is 12.1 Å². The quantitative estimate of drug-likeness (QED) is 0.464. The van der Waals surface area contributed by atoms with E-state index in [2.05, 4.69) is 10.6 Å². The second-order valence-electron chi connectivity index (χ2n) is 9.85. The molecular formula is C29H28Cl2N2O4. The smallest absolute Gasteiger partial charge is 0.262 e. The molecule has 2 aromatic rings. The van der Waals surface area contributed by atoms with Crippen LogP contribution in [0.4, 0.5) is 5.69 Å². The van der Waals surface area contributed by atoms with E-state index in [1.807, 2.05) is 32.0 Å². The molecule has 0 aromatic heterocycles. The van der Waals surface area contributed by atoms with Crippen LogP contribution in [0, 0.1) is 13.8 Å². The number of amides is 1. The average molecular weight is 539 g/mol. The molecule has 0 fully saturated rings. The molecule has 6 nitrogen and oxygen atoms in total. The summed E-state index contributed by atoms with van der Waals surface area (Å²) in [6.45, 7) is 3.70. The molecule has 2 aromatic carbocycles. The number of Topliss-reactive ketones (excluding diaryl/α,β-unsaturated/α-hetero) is 2. The molecule has 0 atom stereocenters. The van der Waals surface area contributed by atoms with Gasteiger partial charge in [0, 0.05) is 47.0 Å². The average Bonchev–Trinajstić information content (AvgIpc) is 2.85. The Morgan fingerprint density at radius 3 is 2.08 bits per heavy atom. The lowest BCUT2D eigenvalue weighted by molar-refractivity contribution is -0.118. The number of ketones is 2. The van der Waals surface area contributed by atoms with Crippen molar-refractivity contribution in [1.29, 1.82) is 0 Å². The zero-order valence-electron chi connectivity index (χ0n) is 20.8. The number of anilines is 1. The van der Waals surface area contributed by atoms with Crippen molar-refractivity contribution in [3.63, 3.8) is 0 Å². The Morgan fingerprint density at radius 1 is 0.919 bits per heavy atom. The van der Waals surface area contributed by atoms with Gasteiger partial charge in [-0.2, -0.15) is 0 Å². The second kappa shape index (κ2) is 10.3. The topological polar surface area (TPSA) is 84.5 Å². The summed E-state index contributed by atoms with van der Waals surface area (Å²) in [5.74, 6) is -0.588. The standard InChI is InChI=1S/C29H28Cl2N2O4/c1-15-9-10-18(11-16(15)2)32-25(36)14-37-29-19(30)12-17(13-20(29)31)26-27-21(5-3-7-23(27)34)33-22-6-4-8-24(35)28(22)26/h9-13,26,33H,3-8,14H2,1-2H3,(H,32,36). The monoisotopic (exact) mass is 538 g/mol. The van der Waals surface area contributed by atoms with Crippen LogP contribution < -0.4 is 15.4 Å². The highest BCUT2D eigenvalue weighted by atomic mass is 35.5. The Labute approximate surface area is 226 Å². The minimum atomic E-state index is -0.510. The van der Waals surface area contributed by atoms with Gasteiger partial charge in [0.1, 0.15) is 0 Å². The van der Waals surface area contributed by atoms with Crippen molar-refractivity contribution < 1.29 is 19.1 Å². The van der Waals surface area contributed by atoms with Crippen molar-refractivity contribution in [1.82, 2.24) is 5.32 Å². The molecule has 1 aliphatic heterocycles. The van der Waals surface area contributed by atoms with Crippen molar-refractivity contribution >= 4 is 46.4 Å². The minimum Gasteiger partial charge on any atom is -0.481 e. The summed E-state index contributed by atoms with van der Waals surface area (Å²) in [5.41, 5.74) is 6.62. The number of hydrogen-bond donors (Lipinski definition) is 2. The van der Waals surface area contributed by atoms with Crippen LogP contribution in [0.25, 0.3) is 0 Å². The summed E-state index contributed by atoms with van der Waals surface area (Å²) >= 11 is 13.2.